The van der Waals surface area contributed by atoms with Gasteiger partial charge in [-0.3, -0.25) is 0 Å². The van der Waals surface area contributed by atoms with E-state index in [9.17, 15) is 0 Å². The van der Waals surface area contributed by atoms with Crippen LogP contribution in [0.15, 0.2) is 33.7 Å². The lowest BCUT2D eigenvalue weighted by Crippen LogP contribution is -2.46. The van der Waals surface area contributed by atoms with Gasteiger partial charge in [-0.2, -0.15) is 0 Å². The fraction of sp³-hybridized carbons (Fsp3) is 0.632. The molecule has 5 heteroatoms. The maximum atomic E-state index is 6.48. The van der Waals surface area contributed by atoms with E-state index in [1.54, 1.807) is 0 Å². The third-order valence-electron chi connectivity index (χ3n) is 5.24. The number of rotatable bonds is 6. The Bertz CT molecular complexity index is 592. The van der Waals surface area contributed by atoms with Gasteiger partial charge in [-0.15, -0.1) is 0 Å². The van der Waals surface area contributed by atoms with Gasteiger partial charge in [0.25, 0.3) is 0 Å². The van der Waals surface area contributed by atoms with Crippen LogP contribution in [-0.4, -0.2) is 33.0 Å². The Morgan fingerprint density at radius 1 is 1.25 bits per heavy atom. The summed E-state index contributed by atoms with van der Waals surface area (Å²) in [7, 11) is -1.79. The molecular formula is C19H30BrNO2Si. The average Bonchev–Trinajstić information content (AvgIpc) is 2.86. The first-order valence-corrected chi connectivity index (χ1v) is 12.3. The number of hydrogen-bond donors (Lipinski definition) is 0. The van der Waals surface area contributed by atoms with E-state index in [-0.39, 0.29) is 10.6 Å². The fourth-order valence-electron chi connectivity index (χ4n) is 2.47. The molecule has 0 amide bonds. The molecule has 1 aromatic rings. The largest absolute Gasteiger partial charge is 0.479 e. The molecule has 1 unspecified atom stereocenters. The zero-order valence-electron chi connectivity index (χ0n) is 15.8. The maximum absolute atomic E-state index is 6.48. The molecule has 0 aliphatic carbocycles. The smallest absolute Gasteiger partial charge is 0.192 e. The van der Waals surface area contributed by atoms with Gasteiger partial charge in [0.1, 0.15) is 12.1 Å². The molecular weight excluding hydrogens is 382 g/mol. The minimum absolute atomic E-state index is 0.206. The molecule has 0 bridgehead atoms. The second kappa shape index (κ2) is 7.30. The fourth-order valence-corrected chi connectivity index (χ4v) is 3.80. The summed E-state index contributed by atoms with van der Waals surface area (Å²) in [5, 5.41) is 0.206. The molecule has 0 N–H and O–H groups in total. The van der Waals surface area contributed by atoms with Gasteiger partial charge < -0.3 is 9.16 Å². The normalized spacial score (nSPS) is 21.5. The molecule has 0 saturated carbocycles. The van der Waals surface area contributed by atoms with Crippen LogP contribution in [0.2, 0.25) is 18.1 Å². The monoisotopic (exact) mass is 411 g/mol. The maximum Gasteiger partial charge on any atom is 0.192 e. The number of aryl methyl sites for hydroxylation is 1. The third-order valence-corrected chi connectivity index (χ3v) is 10.3. The summed E-state index contributed by atoms with van der Waals surface area (Å²) in [6.07, 6.45) is 1.93. The predicted octanol–water partition coefficient (Wildman–Crippen LogP) is 5.59. The summed E-state index contributed by atoms with van der Waals surface area (Å²) in [5.74, 6) is 0.782. The van der Waals surface area contributed by atoms with Crippen LogP contribution in [0.1, 0.15) is 39.7 Å². The van der Waals surface area contributed by atoms with Crippen LogP contribution in [0, 0.1) is 0 Å². The first-order chi connectivity index (χ1) is 11.0. The topological polar surface area (TPSA) is 30.8 Å². The van der Waals surface area contributed by atoms with Crippen LogP contribution < -0.4 is 0 Å². The van der Waals surface area contributed by atoms with Crippen LogP contribution >= 0.6 is 15.9 Å². The SMILES string of the molecule is CC1=NC(CCc2ccc(Br)cc2)(CO[Si](C)(C)C(C)(C)C)CO1. The molecule has 0 radical (unpaired) electrons. The lowest BCUT2D eigenvalue weighted by atomic mass is 9.94. The second-order valence-electron chi connectivity index (χ2n) is 8.32. The first kappa shape index (κ1) is 19.7. The molecule has 0 aromatic heterocycles. The van der Waals surface area contributed by atoms with Crippen LogP contribution in [0.25, 0.3) is 0 Å². The highest BCUT2D eigenvalue weighted by Gasteiger charge is 2.42. The van der Waals surface area contributed by atoms with Crippen LogP contribution in [-0.2, 0) is 15.6 Å². The lowest BCUT2D eigenvalue weighted by Gasteiger charge is -2.38. The minimum atomic E-state index is -1.79. The van der Waals surface area contributed by atoms with Crippen molar-refractivity contribution in [2.75, 3.05) is 13.2 Å². The molecule has 24 heavy (non-hydrogen) atoms. The number of ether oxygens (including phenoxy) is 1. The zero-order chi connectivity index (χ0) is 18.0. The van der Waals surface area contributed by atoms with Gasteiger partial charge in [-0.05, 0) is 48.7 Å². The summed E-state index contributed by atoms with van der Waals surface area (Å²) in [6, 6.07) is 8.51. The van der Waals surface area contributed by atoms with Crippen molar-refractivity contribution in [2.24, 2.45) is 4.99 Å². The average molecular weight is 412 g/mol. The zero-order valence-corrected chi connectivity index (χ0v) is 18.4. The lowest BCUT2D eigenvalue weighted by molar-refractivity contribution is 0.154. The Labute approximate surface area is 156 Å². The van der Waals surface area contributed by atoms with E-state index in [1.807, 2.05) is 6.92 Å². The van der Waals surface area contributed by atoms with Crippen molar-refractivity contribution < 1.29 is 9.16 Å². The summed E-state index contributed by atoms with van der Waals surface area (Å²) in [4.78, 5) is 4.82. The van der Waals surface area contributed by atoms with Crippen molar-refractivity contribution in [2.45, 2.75) is 64.2 Å². The molecule has 134 valence electrons. The quantitative estimate of drug-likeness (QED) is 0.570. The summed E-state index contributed by atoms with van der Waals surface area (Å²) < 4.78 is 13.3. The van der Waals surface area contributed by atoms with Crippen LogP contribution in [0.5, 0.6) is 0 Å². The number of benzene rings is 1. The molecule has 1 aromatic carbocycles. The van der Waals surface area contributed by atoms with E-state index in [0.29, 0.717) is 13.2 Å². The second-order valence-corrected chi connectivity index (χ2v) is 14.0. The Kier molecular flexibility index (Phi) is 5.98. The Morgan fingerprint density at radius 3 is 2.38 bits per heavy atom. The van der Waals surface area contributed by atoms with Crippen molar-refractivity contribution >= 4 is 30.1 Å². The van der Waals surface area contributed by atoms with Crippen molar-refractivity contribution in [3.05, 3.63) is 34.3 Å². The van der Waals surface area contributed by atoms with Gasteiger partial charge in [0.05, 0.1) is 6.61 Å². The highest BCUT2D eigenvalue weighted by Crippen LogP contribution is 2.38. The number of hydrogen-bond acceptors (Lipinski definition) is 3. The van der Waals surface area contributed by atoms with Crippen LogP contribution in [0.4, 0.5) is 0 Å². The molecule has 0 fully saturated rings. The van der Waals surface area contributed by atoms with E-state index in [2.05, 4.69) is 74.1 Å². The molecule has 1 heterocycles. The summed E-state index contributed by atoms with van der Waals surface area (Å²) in [5.41, 5.74) is 1.08. The van der Waals surface area contributed by atoms with Gasteiger partial charge >= 0.3 is 0 Å². The molecule has 1 aliphatic rings. The van der Waals surface area contributed by atoms with Crippen molar-refractivity contribution in [1.29, 1.82) is 0 Å². The van der Waals surface area contributed by atoms with Gasteiger partial charge in [0, 0.05) is 11.4 Å². The minimum Gasteiger partial charge on any atom is -0.479 e. The molecule has 1 aliphatic heterocycles. The standard InChI is InChI=1S/C19H30BrNO2Si/c1-15-21-19(13-22-15,14-23-24(5,6)18(2,3)4)12-11-16-7-9-17(20)10-8-16/h7-10H,11-14H2,1-6H3. The number of aliphatic imine (C=N–C) groups is 1. The summed E-state index contributed by atoms with van der Waals surface area (Å²) in [6.45, 7) is 14.6. The van der Waals surface area contributed by atoms with Crippen LogP contribution in [0.3, 0.4) is 0 Å². The number of nitrogens with zero attached hydrogens (tertiary/aromatic N) is 1. The van der Waals surface area contributed by atoms with E-state index < -0.39 is 8.32 Å². The van der Waals surface area contributed by atoms with E-state index >= 15 is 0 Å². The van der Waals surface area contributed by atoms with Gasteiger partial charge in [-0.1, -0.05) is 48.8 Å². The van der Waals surface area contributed by atoms with Gasteiger partial charge in [-0.25, -0.2) is 4.99 Å². The molecule has 1 atom stereocenters. The summed E-state index contributed by atoms with van der Waals surface area (Å²) >= 11 is 3.49. The van der Waals surface area contributed by atoms with Gasteiger partial charge in [0.2, 0.25) is 0 Å². The molecule has 2 rings (SSSR count). The molecule has 0 saturated heterocycles. The number of halogens is 1. The third kappa shape index (κ3) is 4.93. The highest BCUT2D eigenvalue weighted by atomic mass is 79.9. The Hall–Kier alpha value is -0.653. The highest BCUT2D eigenvalue weighted by molar-refractivity contribution is 9.10. The Balaban J connectivity index is 2.06. The first-order valence-electron chi connectivity index (χ1n) is 8.61. The molecule has 3 nitrogen and oxygen atoms in total. The van der Waals surface area contributed by atoms with E-state index in [4.69, 9.17) is 14.2 Å². The molecule has 0 spiro atoms. The van der Waals surface area contributed by atoms with E-state index in [0.717, 1.165) is 23.2 Å². The predicted molar refractivity (Wildman–Crippen MR) is 107 cm³/mol. The Morgan fingerprint density at radius 2 is 1.88 bits per heavy atom. The van der Waals surface area contributed by atoms with Gasteiger partial charge in [0.15, 0.2) is 14.2 Å². The van der Waals surface area contributed by atoms with Crippen molar-refractivity contribution in [3.8, 4) is 0 Å². The van der Waals surface area contributed by atoms with E-state index in [1.165, 1.54) is 5.56 Å². The van der Waals surface area contributed by atoms with Crippen molar-refractivity contribution in [1.82, 2.24) is 0 Å². The van der Waals surface area contributed by atoms with Crippen molar-refractivity contribution in [3.63, 3.8) is 0 Å².